The quantitative estimate of drug-likeness (QED) is 0.944. The van der Waals surface area contributed by atoms with Gasteiger partial charge in [0.05, 0.1) is 4.90 Å². The lowest BCUT2D eigenvalue weighted by molar-refractivity contribution is 0.102. The molecule has 2 rings (SSSR count). The zero-order valence-corrected chi connectivity index (χ0v) is 12.1. The number of carbonyl (C=O) groups excluding carboxylic acids is 1. The molecule has 0 saturated carbocycles. The fraction of sp³-hybridized carbons (Fsp3) is 0.133. The fourth-order valence-electron chi connectivity index (χ4n) is 1.80. The molecule has 0 spiro atoms. The molecule has 0 aliphatic heterocycles. The van der Waals surface area contributed by atoms with Gasteiger partial charge in [-0.15, -0.1) is 0 Å². The molecule has 0 bridgehead atoms. The van der Waals surface area contributed by atoms with Crippen molar-refractivity contribution in [2.45, 2.75) is 11.8 Å². The van der Waals surface area contributed by atoms with Gasteiger partial charge in [0, 0.05) is 17.5 Å². The predicted molar refractivity (Wildman–Crippen MR) is 78.7 cm³/mol. The molecule has 0 aliphatic rings. The van der Waals surface area contributed by atoms with Crippen LogP contribution in [0.4, 0.5) is 5.69 Å². The zero-order valence-electron chi connectivity index (χ0n) is 11.3. The maximum atomic E-state index is 12.2. The molecule has 1 amide bonds. The largest absolute Gasteiger partial charge is 0.322 e. The van der Waals surface area contributed by atoms with Crippen molar-refractivity contribution in [2.24, 2.45) is 0 Å². The first-order valence-corrected chi connectivity index (χ1v) is 7.94. The molecule has 0 aliphatic carbocycles. The van der Waals surface area contributed by atoms with Gasteiger partial charge in [-0.1, -0.05) is 24.3 Å². The van der Waals surface area contributed by atoms with E-state index in [9.17, 15) is 13.2 Å². The second kappa shape index (κ2) is 5.46. The third-order valence-corrected chi connectivity index (χ3v) is 4.02. The first kappa shape index (κ1) is 14.3. The Morgan fingerprint density at radius 1 is 1.05 bits per heavy atom. The topological polar surface area (TPSA) is 63.2 Å². The van der Waals surface area contributed by atoms with E-state index >= 15 is 0 Å². The molecule has 0 heterocycles. The fourth-order valence-corrected chi connectivity index (χ4v) is 2.44. The van der Waals surface area contributed by atoms with Crippen molar-refractivity contribution in [1.29, 1.82) is 0 Å². The molecule has 2 aromatic carbocycles. The van der Waals surface area contributed by atoms with Crippen molar-refractivity contribution >= 4 is 21.4 Å². The van der Waals surface area contributed by atoms with Crippen molar-refractivity contribution in [3.05, 3.63) is 59.7 Å². The Hall–Kier alpha value is -2.14. The van der Waals surface area contributed by atoms with Crippen LogP contribution < -0.4 is 5.32 Å². The van der Waals surface area contributed by atoms with Crippen LogP contribution in [-0.2, 0) is 9.84 Å². The van der Waals surface area contributed by atoms with Gasteiger partial charge in [-0.25, -0.2) is 8.42 Å². The first-order valence-electron chi connectivity index (χ1n) is 6.05. The van der Waals surface area contributed by atoms with E-state index in [1.54, 1.807) is 25.1 Å². The summed E-state index contributed by atoms with van der Waals surface area (Å²) in [6, 6.07) is 13.6. The van der Waals surface area contributed by atoms with Crippen LogP contribution in [0.2, 0.25) is 0 Å². The number of sulfone groups is 1. The highest BCUT2D eigenvalue weighted by molar-refractivity contribution is 7.90. The molecule has 104 valence electrons. The maximum absolute atomic E-state index is 12.2. The van der Waals surface area contributed by atoms with Crippen molar-refractivity contribution in [3.8, 4) is 0 Å². The van der Waals surface area contributed by atoms with E-state index in [4.69, 9.17) is 0 Å². The summed E-state index contributed by atoms with van der Waals surface area (Å²) in [5.41, 5.74) is 1.75. The Morgan fingerprint density at radius 3 is 2.30 bits per heavy atom. The summed E-state index contributed by atoms with van der Waals surface area (Å²) in [4.78, 5) is 12.3. The minimum atomic E-state index is -3.33. The molecule has 0 unspecified atom stereocenters. The second-order valence-electron chi connectivity index (χ2n) is 4.57. The highest BCUT2D eigenvalue weighted by Gasteiger charge is 2.14. The van der Waals surface area contributed by atoms with Gasteiger partial charge < -0.3 is 5.32 Å². The molecule has 0 saturated heterocycles. The number of para-hydroxylation sites is 1. The lowest BCUT2D eigenvalue weighted by atomic mass is 10.1. The summed E-state index contributed by atoms with van der Waals surface area (Å²) in [6.07, 6.45) is 1.12. The monoisotopic (exact) mass is 289 g/mol. The standard InChI is InChI=1S/C15H15NO3S/c1-11-8-9-13(20(2,18)19)10-14(11)15(17)16-12-6-4-3-5-7-12/h3-10H,1-2H3,(H,16,17). The Balaban J connectivity index is 2.35. The van der Waals surface area contributed by atoms with Crippen LogP contribution in [0.15, 0.2) is 53.4 Å². The second-order valence-corrected chi connectivity index (χ2v) is 6.58. The first-order chi connectivity index (χ1) is 9.38. The smallest absolute Gasteiger partial charge is 0.255 e. The Bertz CT molecular complexity index is 737. The highest BCUT2D eigenvalue weighted by Crippen LogP contribution is 2.17. The van der Waals surface area contributed by atoms with Crippen LogP contribution in [-0.4, -0.2) is 20.6 Å². The van der Waals surface area contributed by atoms with Crippen LogP contribution in [0.3, 0.4) is 0 Å². The van der Waals surface area contributed by atoms with Crippen LogP contribution in [0.5, 0.6) is 0 Å². The summed E-state index contributed by atoms with van der Waals surface area (Å²) in [5, 5.41) is 2.74. The number of rotatable bonds is 3. The predicted octanol–water partition coefficient (Wildman–Crippen LogP) is 2.65. The Morgan fingerprint density at radius 2 is 1.70 bits per heavy atom. The summed E-state index contributed by atoms with van der Waals surface area (Å²) >= 11 is 0. The van der Waals surface area contributed by atoms with E-state index < -0.39 is 9.84 Å². The van der Waals surface area contributed by atoms with Gasteiger partial charge in [-0.3, -0.25) is 4.79 Å². The minimum Gasteiger partial charge on any atom is -0.322 e. The SMILES string of the molecule is Cc1ccc(S(C)(=O)=O)cc1C(=O)Nc1ccccc1. The van der Waals surface area contributed by atoms with E-state index in [-0.39, 0.29) is 10.8 Å². The molecule has 20 heavy (non-hydrogen) atoms. The third kappa shape index (κ3) is 3.24. The Kier molecular flexibility index (Phi) is 3.90. The third-order valence-electron chi connectivity index (χ3n) is 2.91. The van der Waals surface area contributed by atoms with Crippen molar-refractivity contribution in [1.82, 2.24) is 0 Å². The molecule has 4 nitrogen and oxygen atoms in total. The van der Waals surface area contributed by atoms with Crippen molar-refractivity contribution in [3.63, 3.8) is 0 Å². The number of aryl methyl sites for hydroxylation is 1. The Labute approximate surface area is 118 Å². The lowest BCUT2D eigenvalue weighted by Gasteiger charge is -2.09. The number of carbonyl (C=O) groups is 1. The number of hydrogen-bond acceptors (Lipinski definition) is 3. The summed E-state index contributed by atoms with van der Waals surface area (Å²) in [6.45, 7) is 1.77. The summed E-state index contributed by atoms with van der Waals surface area (Å²) < 4.78 is 23.1. The van der Waals surface area contributed by atoms with E-state index in [0.29, 0.717) is 11.3 Å². The average molecular weight is 289 g/mol. The zero-order chi connectivity index (χ0) is 14.8. The average Bonchev–Trinajstić information content (AvgIpc) is 2.39. The molecule has 0 fully saturated rings. The molecular weight excluding hydrogens is 274 g/mol. The van der Waals surface area contributed by atoms with E-state index in [1.807, 2.05) is 18.2 Å². The number of anilines is 1. The van der Waals surface area contributed by atoms with Crippen LogP contribution in [0.1, 0.15) is 15.9 Å². The van der Waals surface area contributed by atoms with Crippen LogP contribution in [0, 0.1) is 6.92 Å². The van der Waals surface area contributed by atoms with Gasteiger partial charge in [0.25, 0.3) is 5.91 Å². The molecular formula is C15H15NO3S. The molecule has 0 atom stereocenters. The van der Waals surface area contributed by atoms with Crippen LogP contribution in [0.25, 0.3) is 0 Å². The number of amides is 1. The van der Waals surface area contributed by atoms with E-state index in [1.165, 1.54) is 12.1 Å². The normalized spacial score (nSPS) is 11.1. The van der Waals surface area contributed by atoms with Crippen molar-refractivity contribution < 1.29 is 13.2 Å². The van der Waals surface area contributed by atoms with Gasteiger partial charge in [0.15, 0.2) is 9.84 Å². The van der Waals surface area contributed by atoms with E-state index in [0.717, 1.165) is 11.8 Å². The van der Waals surface area contributed by atoms with Gasteiger partial charge in [-0.2, -0.15) is 0 Å². The minimum absolute atomic E-state index is 0.140. The van der Waals surface area contributed by atoms with Crippen molar-refractivity contribution in [2.75, 3.05) is 11.6 Å². The molecule has 0 radical (unpaired) electrons. The van der Waals surface area contributed by atoms with Gasteiger partial charge in [0.2, 0.25) is 0 Å². The number of nitrogens with one attached hydrogen (secondary N) is 1. The number of hydrogen-bond donors (Lipinski definition) is 1. The summed E-state index contributed by atoms with van der Waals surface area (Å²) in [5.74, 6) is -0.320. The lowest BCUT2D eigenvalue weighted by Crippen LogP contribution is -2.14. The molecule has 0 aromatic heterocycles. The van der Waals surface area contributed by atoms with Gasteiger partial charge in [-0.05, 0) is 36.8 Å². The van der Waals surface area contributed by atoms with Gasteiger partial charge >= 0.3 is 0 Å². The number of benzene rings is 2. The maximum Gasteiger partial charge on any atom is 0.255 e. The molecule has 1 N–H and O–H groups in total. The molecule has 5 heteroatoms. The van der Waals surface area contributed by atoms with Gasteiger partial charge in [0.1, 0.15) is 0 Å². The molecule has 2 aromatic rings. The highest BCUT2D eigenvalue weighted by atomic mass is 32.2. The van der Waals surface area contributed by atoms with Crippen LogP contribution >= 0.6 is 0 Å². The van der Waals surface area contributed by atoms with E-state index in [2.05, 4.69) is 5.32 Å². The summed E-state index contributed by atoms with van der Waals surface area (Å²) in [7, 11) is -3.33.